The van der Waals surface area contributed by atoms with Crippen molar-refractivity contribution in [3.8, 4) is 11.1 Å². The molecule has 0 saturated carbocycles. The zero-order valence-electron chi connectivity index (χ0n) is 15.7. The number of nitrogens with two attached hydrogens (primary N) is 1. The molecule has 9 nitrogen and oxygen atoms in total. The fourth-order valence-electron chi connectivity index (χ4n) is 3.56. The zero-order chi connectivity index (χ0) is 19.6. The Morgan fingerprint density at radius 1 is 1.22 bits per heavy atom. The van der Waals surface area contributed by atoms with Crippen LogP contribution in [0.25, 0.3) is 11.1 Å². The van der Waals surface area contributed by atoms with E-state index in [2.05, 4.69) is 31.0 Å². The van der Waals surface area contributed by atoms with E-state index in [9.17, 15) is 4.79 Å². The van der Waals surface area contributed by atoms with Crippen LogP contribution in [-0.4, -0.2) is 55.0 Å². The summed E-state index contributed by atoms with van der Waals surface area (Å²) in [5, 5.41) is 11.4. The second-order valence-electron chi connectivity index (χ2n) is 6.39. The third-order valence-electron chi connectivity index (χ3n) is 4.93. The summed E-state index contributed by atoms with van der Waals surface area (Å²) in [5.41, 5.74) is 11.1. The van der Waals surface area contributed by atoms with Crippen molar-refractivity contribution in [1.82, 2.24) is 14.9 Å². The lowest BCUT2D eigenvalue weighted by atomic mass is 9.95. The molecular weight excluding hydrogens is 368 g/mol. The van der Waals surface area contributed by atoms with Gasteiger partial charge < -0.3 is 26.7 Å². The van der Waals surface area contributed by atoms with Crippen molar-refractivity contribution in [3.05, 3.63) is 17.4 Å². The Morgan fingerprint density at radius 3 is 2.48 bits per heavy atom. The number of amides is 1. The molecule has 5 N–H and O–H groups in total. The van der Waals surface area contributed by atoms with Gasteiger partial charge in [0.1, 0.15) is 0 Å². The van der Waals surface area contributed by atoms with Crippen molar-refractivity contribution in [2.24, 2.45) is 11.7 Å². The first-order valence-corrected chi connectivity index (χ1v) is 9.24. The van der Waals surface area contributed by atoms with E-state index < -0.39 is 0 Å². The molecule has 1 aliphatic rings. The number of piperidine rings is 1. The van der Waals surface area contributed by atoms with Gasteiger partial charge in [0, 0.05) is 58.1 Å². The second-order valence-corrected chi connectivity index (χ2v) is 6.80. The number of nitrogens with zero attached hydrogens (tertiary/aromatic N) is 4. The fourth-order valence-corrected chi connectivity index (χ4v) is 3.84. The minimum atomic E-state index is -0.235. The second kappa shape index (κ2) is 7.91. The molecule has 2 aromatic rings. The molecule has 1 aliphatic heterocycles. The Bertz CT molecular complexity index is 829. The van der Waals surface area contributed by atoms with E-state index in [1.165, 1.54) is 0 Å². The van der Waals surface area contributed by atoms with E-state index in [1.54, 1.807) is 24.2 Å². The van der Waals surface area contributed by atoms with Crippen LogP contribution in [0.2, 0.25) is 5.02 Å². The Balaban J connectivity index is 2.08. The van der Waals surface area contributed by atoms with Gasteiger partial charge in [-0.15, -0.1) is 5.10 Å². The number of anilines is 3. The predicted molar refractivity (Wildman–Crippen MR) is 109 cm³/mol. The number of hydrogen-bond donors (Lipinski definition) is 4. The number of carbonyl (C=O) groups is 1. The maximum Gasteiger partial charge on any atom is 0.220 e. The zero-order valence-corrected chi connectivity index (χ0v) is 16.5. The molecule has 1 fully saturated rings. The summed E-state index contributed by atoms with van der Waals surface area (Å²) in [6, 6.07) is 0. The van der Waals surface area contributed by atoms with E-state index in [1.807, 2.05) is 14.1 Å². The van der Waals surface area contributed by atoms with Crippen molar-refractivity contribution in [2.75, 3.05) is 55.2 Å². The number of primary amides is 1. The lowest BCUT2D eigenvalue weighted by Crippen LogP contribution is -2.38. The van der Waals surface area contributed by atoms with Crippen LogP contribution in [0.3, 0.4) is 0 Å². The van der Waals surface area contributed by atoms with Crippen LogP contribution >= 0.6 is 11.6 Å². The minimum absolute atomic E-state index is 0.0851. The highest BCUT2D eigenvalue weighted by Crippen LogP contribution is 2.43. The highest BCUT2D eigenvalue weighted by atomic mass is 35.5. The molecule has 0 spiro atoms. The van der Waals surface area contributed by atoms with Crippen LogP contribution < -0.4 is 26.7 Å². The molecule has 2 aromatic heterocycles. The van der Waals surface area contributed by atoms with Gasteiger partial charge in [-0.05, 0) is 12.8 Å². The molecule has 0 aliphatic carbocycles. The van der Waals surface area contributed by atoms with Crippen molar-refractivity contribution in [2.45, 2.75) is 12.8 Å². The van der Waals surface area contributed by atoms with Crippen LogP contribution in [0.5, 0.6) is 0 Å². The van der Waals surface area contributed by atoms with Gasteiger partial charge in [-0.2, -0.15) is 4.79 Å². The Hall–Kier alpha value is -2.68. The summed E-state index contributed by atoms with van der Waals surface area (Å²) < 4.78 is 0. The fraction of sp³-hybridized carbons (Fsp3) is 0.471. The van der Waals surface area contributed by atoms with Crippen LogP contribution in [0.15, 0.2) is 12.4 Å². The van der Waals surface area contributed by atoms with Gasteiger partial charge in [0.2, 0.25) is 5.91 Å². The Labute approximate surface area is 163 Å². The molecule has 27 heavy (non-hydrogen) atoms. The third-order valence-corrected chi connectivity index (χ3v) is 5.20. The van der Waals surface area contributed by atoms with Gasteiger partial charge in [-0.3, -0.25) is 9.78 Å². The van der Waals surface area contributed by atoms with Crippen molar-refractivity contribution in [1.29, 1.82) is 0 Å². The first kappa shape index (κ1) is 19.1. The molecule has 3 rings (SSSR count). The third kappa shape index (κ3) is 3.46. The van der Waals surface area contributed by atoms with Crippen molar-refractivity contribution < 1.29 is 4.79 Å². The molecule has 0 aromatic carbocycles. The summed E-state index contributed by atoms with van der Waals surface area (Å²) in [6.45, 7) is 1.41. The molecule has 1 saturated heterocycles. The molecule has 0 unspecified atom stereocenters. The van der Waals surface area contributed by atoms with Crippen LogP contribution in [0.1, 0.15) is 12.8 Å². The smallest absolute Gasteiger partial charge is 0.220 e. The SMILES string of the molecule is CNc1nn(NC)c(NC)c1-c1cncc(Cl)c1N1CCC(C(N)=O)CC1. The maximum absolute atomic E-state index is 11.5. The topological polar surface area (TPSA) is 113 Å². The summed E-state index contributed by atoms with van der Waals surface area (Å²) >= 11 is 6.56. The van der Waals surface area contributed by atoms with Crippen LogP contribution in [0.4, 0.5) is 17.3 Å². The number of hydrogen-bond acceptors (Lipinski definition) is 7. The summed E-state index contributed by atoms with van der Waals surface area (Å²) in [7, 11) is 5.45. The van der Waals surface area contributed by atoms with Gasteiger partial charge in [-0.1, -0.05) is 11.6 Å². The standard InChI is InChI=1S/C17H25ClN8O/c1-20-16-13(17(21-2)26(22-3)24-16)11-8-23-9-12(18)14(11)25-6-4-10(5-7-25)15(19)27/h8-10,21-22H,4-7H2,1-3H3,(H2,19,27)(H,20,24). The lowest BCUT2D eigenvalue weighted by Gasteiger charge is -2.34. The number of carbonyl (C=O) groups excluding carboxylic acids is 1. The van der Waals surface area contributed by atoms with Gasteiger partial charge in [0.25, 0.3) is 0 Å². The quantitative estimate of drug-likeness (QED) is 0.590. The first-order valence-electron chi connectivity index (χ1n) is 8.86. The summed E-state index contributed by atoms with van der Waals surface area (Å²) in [5.74, 6) is 1.17. The van der Waals surface area contributed by atoms with Crippen molar-refractivity contribution in [3.63, 3.8) is 0 Å². The maximum atomic E-state index is 11.5. The molecule has 1 amide bonds. The highest BCUT2D eigenvalue weighted by molar-refractivity contribution is 6.34. The number of rotatable bonds is 6. The van der Waals surface area contributed by atoms with E-state index in [0.717, 1.165) is 22.6 Å². The molecule has 0 atom stereocenters. The van der Waals surface area contributed by atoms with Crippen molar-refractivity contribution >= 4 is 34.8 Å². The summed E-state index contributed by atoms with van der Waals surface area (Å²) in [6.07, 6.45) is 4.85. The van der Waals surface area contributed by atoms with Gasteiger partial charge in [0.15, 0.2) is 11.6 Å². The Kier molecular flexibility index (Phi) is 5.59. The van der Waals surface area contributed by atoms with E-state index >= 15 is 0 Å². The normalized spacial score (nSPS) is 14.9. The van der Waals surface area contributed by atoms with Crippen LogP contribution in [0, 0.1) is 5.92 Å². The average molecular weight is 393 g/mol. The average Bonchev–Trinajstić information content (AvgIpc) is 3.05. The molecular formula is C17H25ClN8O. The molecule has 10 heteroatoms. The van der Waals surface area contributed by atoms with Gasteiger partial charge >= 0.3 is 0 Å². The van der Waals surface area contributed by atoms with Gasteiger partial charge in [-0.25, -0.2) is 0 Å². The highest BCUT2D eigenvalue weighted by Gasteiger charge is 2.28. The van der Waals surface area contributed by atoms with E-state index in [-0.39, 0.29) is 11.8 Å². The number of nitrogens with one attached hydrogen (secondary N) is 3. The predicted octanol–water partition coefficient (Wildman–Crippen LogP) is 1.56. The minimum Gasteiger partial charge on any atom is -0.371 e. The number of aromatic nitrogens is 3. The number of halogens is 1. The molecule has 0 bridgehead atoms. The molecule has 3 heterocycles. The van der Waals surface area contributed by atoms with Crippen LogP contribution in [-0.2, 0) is 4.79 Å². The lowest BCUT2D eigenvalue weighted by molar-refractivity contribution is -0.122. The largest absolute Gasteiger partial charge is 0.371 e. The summed E-state index contributed by atoms with van der Waals surface area (Å²) in [4.78, 5) is 19.6. The molecule has 0 radical (unpaired) electrons. The van der Waals surface area contributed by atoms with E-state index in [0.29, 0.717) is 36.8 Å². The van der Waals surface area contributed by atoms with Gasteiger partial charge in [0.05, 0.1) is 16.3 Å². The monoisotopic (exact) mass is 392 g/mol. The van der Waals surface area contributed by atoms with E-state index in [4.69, 9.17) is 17.3 Å². The molecule has 146 valence electrons. The number of pyridine rings is 1. The Morgan fingerprint density at radius 2 is 1.93 bits per heavy atom. The first-order chi connectivity index (χ1) is 13.0.